The van der Waals surface area contributed by atoms with E-state index in [-0.39, 0.29) is 5.91 Å². The summed E-state index contributed by atoms with van der Waals surface area (Å²) in [5.74, 6) is 0.876. The van der Waals surface area contributed by atoms with Crippen molar-refractivity contribution in [1.29, 1.82) is 0 Å². The maximum Gasteiger partial charge on any atom is 0.274 e. The zero-order valence-corrected chi connectivity index (χ0v) is 16.9. The third-order valence-corrected chi connectivity index (χ3v) is 4.60. The normalized spacial score (nSPS) is 10.3. The van der Waals surface area contributed by atoms with Gasteiger partial charge in [-0.25, -0.2) is 4.98 Å². The molecule has 0 aliphatic heterocycles. The van der Waals surface area contributed by atoms with Crippen molar-refractivity contribution in [3.05, 3.63) is 78.1 Å². The van der Waals surface area contributed by atoms with E-state index in [0.29, 0.717) is 22.9 Å². The number of pyridine rings is 1. The third kappa shape index (κ3) is 5.04. The number of aromatic nitrogens is 1. The molecule has 0 aliphatic carbocycles. The number of rotatable bonds is 8. The minimum Gasteiger partial charge on any atom is -0.497 e. The van der Waals surface area contributed by atoms with Gasteiger partial charge in [0.15, 0.2) is 0 Å². The van der Waals surface area contributed by atoms with Gasteiger partial charge >= 0.3 is 0 Å². The first-order chi connectivity index (χ1) is 14.1. The van der Waals surface area contributed by atoms with Crippen LogP contribution in [0.5, 0.6) is 11.5 Å². The summed E-state index contributed by atoms with van der Waals surface area (Å²) in [7, 11) is 3.12. The standard InChI is InChI=1S/C23H25N3O3/c1-4-26(16-17-8-6-5-7-9-17)18-10-12-21(24-15-18)23(27)25-20-13-11-19(28-2)14-22(20)29-3/h5-15H,4,16H2,1-3H3,(H,25,27). The number of methoxy groups -OCH3 is 2. The van der Waals surface area contributed by atoms with Crippen molar-refractivity contribution in [3.8, 4) is 11.5 Å². The molecule has 1 heterocycles. The number of ether oxygens (including phenoxy) is 2. The lowest BCUT2D eigenvalue weighted by Gasteiger charge is -2.23. The summed E-state index contributed by atoms with van der Waals surface area (Å²) in [6, 6.07) is 19.1. The Morgan fingerprint density at radius 3 is 2.45 bits per heavy atom. The lowest BCUT2D eigenvalue weighted by atomic mass is 10.2. The van der Waals surface area contributed by atoms with E-state index in [1.165, 1.54) is 5.56 Å². The Morgan fingerprint density at radius 2 is 1.83 bits per heavy atom. The van der Waals surface area contributed by atoms with E-state index >= 15 is 0 Å². The fourth-order valence-electron chi connectivity index (χ4n) is 2.99. The SMILES string of the molecule is CCN(Cc1ccccc1)c1ccc(C(=O)Nc2ccc(OC)cc2OC)nc1. The van der Waals surface area contributed by atoms with Crippen LogP contribution in [-0.2, 0) is 6.54 Å². The van der Waals surface area contributed by atoms with E-state index in [1.807, 2.05) is 24.3 Å². The topological polar surface area (TPSA) is 63.7 Å². The molecule has 2 aromatic carbocycles. The number of hydrogen-bond acceptors (Lipinski definition) is 5. The minimum atomic E-state index is -0.300. The van der Waals surface area contributed by atoms with Crippen LogP contribution in [0.4, 0.5) is 11.4 Å². The van der Waals surface area contributed by atoms with Crippen LogP contribution in [0, 0.1) is 0 Å². The molecule has 0 unspecified atom stereocenters. The minimum absolute atomic E-state index is 0.300. The number of benzene rings is 2. The van der Waals surface area contributed by atoms with E-state index in [4.69, 9.17) is 9.47 Å². The van der Waals surface area contributed by atoms with Crippen molar-refractivity contribution in [2.24, 2.45) is 0 Å². The largest absolute Gasteiger partial charge is 0.497 e. The summed E-state index contributed by atoms with van der Waals surface area (Å²) in [6.45, 7) is 3.72. The Balaban J connectivity index is 1.71. The van der Waals surface area contributed by atoms with Crippen molar-refractivity contribution in [3.63, 3.8) is 0 Å². The highest BCUT2D eigenvalue weighted by Crippen LogP contribution is 2.29. The second kappa shape index (κ2) is 9.59. The second-order valence-corrected chi connectivity index (χ2v) is 6.42. The van der Waals surface area contributed by atoms with Crippen molar-refractivity contribution in [1.82, 2.24) is 4.98 Å². The van der Waals surface area contributed by atoms with Gasteiger partial charge in [0.05, 0.1) is 31.8 Å². The Bertz CT molecular complexity index is 943. The van der Waals surface area contributed by atoms with Crippen LogP contribution in [0.25, 0.3) is 0 Å². The molecule has 1 amide bonds. The summed E-state index contributed by atoms with van der Waals surface area (Å²) in [6.07, 6.45) is 1.73. The van der Waals surface area contributed by atoms with Crippen LogP contribution in [-0.4, -0.2) is 31.7 Å². The summed E-state index contributed by atoms with van der Waals surface area (Å²) < 4.78 is 10.5. The first-order valence-electron chi connectivity index (χ1n) is 9.43. The van der Waals surface area contributed by atoms with Gasteiger partial charge in [0, 0.05) is 19.2 Å². The molecule has 6 heteroatoms. The molecule has 150 valence electrons. The molecule has 0 spiro atoms. The second-order valence-electron chi connectivity index (χ2n) is 6.42. The lowest BCUT2D eigenvalue weighted by molar-refractivity contribution is 0.102. The number of hydrogen-bond donors (Lipinski definition) is 1. The van der Waals surface area contributed by atoms with Gasteiger partial charge in [0.25, 0.3) is 5.91 Å². The summed E-state index contributed by atoms with van der Waals surface area (Å²) in [5, 5.41) is 2.84. The maximum absolute atomic E-state index is 12.6. The third-order valence-electron chi connectivity index (χ3n) is 4.60. The van der Waals surface area contributed by atoms with Crippen LogP contribution in [0.1, 0.15) is 23.0 Å². The van der Waals surface area contributed by atoms with Gasteiger partial charge in [-0.05, 0) is 36.8 Å². The molecule has 0 aliphatic rings. The first-order valence-corrected chi connectivity index (χ1v) is 9.43. The van der Waals surface area contributed by atoms with Gasteiger partial charge in [0.1, 0.15) is 17.2 Å². The fraction of sp³-hybridized carbons (Fsp3) is 0.217. The molecule has 0 radical (unpaired) electrons. The highest BCUT2D eigenvalue weighted by molar-refractivity contribution is 6.03. The Kier molecular flexibility index (Phi) is 6.68. The predicted octanol–water partition coefficient (Wildman–Crippen LogP) is 4.38. The first kappa shape index (κ1) is 20.2. The number of carbonyl (C=O) groups is 1. The molecule has 6 nitrogen and oxygen atoms in total. The van der Waals surface area contributed by atoms with Crippen LogP contribution in [0.2, 0.25) is 0 Å². The monoisotopic (exact) mass is 391 g/mol. The number of carbonyl (C=O) groups excluding carboxylic acids is 1. The van der Waals surface area contributed by atoms with Crippen molar-refractivity contribution >= 4 is 17.3 Å². The zero-order chi connectivity index (χ0) is 20.6. The molecule has 0 saturated heterocycles. The average Bonchev–Trinajstić information content (AvgIpc) is 2.78. The summed E-state index contributed by atoms with van der Waals surface area (Å²) in [4.78, 5) is 19.2. The quantitative estimate of drug-likeness (QED) is 0.617. The van der Waals surface area contributed by atoms with E-state index in [0.717, 1.165) is 18.8 Å². The summed E-state index contributed by atoms with van der Waals surface area (Å²) in [5.41, 5.74) is 3.09. The zero-order valence-electron chi connectivity index (χ0n) is 16.9. The van der Waals surface area contributed by atoms with Gasteiger partial charge in [-0.2, -0.15) is 0 Å². The molecule has 3 rings (SSSR count). The van der Waals surface area contributed by atoms with E-state index < -0.39 is 0 Å². The molecule has 0 saturated carbocycles. The highest BCUT2D eigenvalue weighted by Gasteiger charge is 2.13. The molecule has 3 aromatic rings. The smallest absolute Gasteiger partial charge is 0.274 e. The molecular weight excluding hydrogens is 366 g/mol. The van der Waals surface area contributed by atoms with Gasteiger partial charge in [-0.15, -0.1) is 0 Å². The summed E-state index contributed by atoms with van der Waals surface area (Å²) >= 11 is 0. The number of nitrogens with zero attached hydrogens (tertiary/aromatic N) is 2. The lowest BCUT2D eigenvalue weighted by Crippen LogP contribution is -2.22. The molecular formula is C23H25N3O3. The van der Waals surface area contributed by atoms with Gasteiger partial charge in [-0.1, -0.05) is 30.3 Å². The molecule has 1 aromatic heterocycles. The van der Waals surface area contributed by atoms with Crippen LogP contribution in [0.15, 0.2) is 66.9 Å². The fourth-order valence-corrected chi connectivity index (χ4v) is 2.99. The maximum atomic E-state index is 12.6. The molecule has 29 heavy (non-hydrogen) atoms. The molecule has 0 bridgehead atoms. The Labute approximate surface area is 171 Å². The number of anilines is 2. The van der Waals surface area contributed by atoms with E-state index in [1.54, 1.807) is 44.7 Å². The number of amides is 1. The van der Waals surface area contributed by atoms with Gasteiger partial charge in [-0.3, -0.25) is 4.79 Å². The predicted molar refractivity (Wildman–Crippen MR) is 115 cm³/mol. The van der Waals surface area contributed by atoms with Crippen LogP contribution < -0.4 is 19.7 Å². The Morgan fingerprint density at radius 1 is 1.03 bits per heavy atom. The van der Waals surface area contributed by atoms with Gasteiger partial charge < -0.3 is 19.7 Å². The highest BCUT2D eigenvalue weighted by atomic mass is 16.5. The van der Waals surface area contributed by atoms with Crippen molar-refractivity contribution < 1.29 is 14.3 Å². The molecule has 1 N–H and O–H groups in total. The van der Waals surface area contributed by atoms with E-state index in [2.05, 4.69) is 34.3 Å². The van der Waals surface area contributed by atoms with Crippen LogP contribution >= 0.6 is 0 Å². The van der Waals surface area contributed by atoms with Crippen molar-refractivity contribution in [2.45, 2.75) is 13.5 Å². The molecule has 0 atom stereocenters. The number of nitrogens with one attached hydrogen (secondary N) is 1. The van der Waals surface area contributed by atoms with Gasteiger partial charge in [0.2, 0.25) is 0 Å². The Hall–Kier alpha value is -3.54. The van der Waals surface area contributed by atoms with E-state index in [9.17, 15) is 4.79 Å². The molecule has 0 fully saturated rings. The van der Waals surface area contributed by atoms with Crippen molar-refractivity contribution in [2.75, 3.05) is 31.0 Å². The van der Waals surface area contributed by atoms with Crippen LogP contribution in [0.3, 0.4) is 0 Å². The average molecular weight is 391 g/mol.